The largest absolute Gasteiger partial charge is 0.462 e. The number of carbonyl (C=O) groups is 2. The van der Waals surface area contributed by atoms with E-state index in [-0.39, 0.29) is 5.69 Å². The van der Waals surface area contributed by atoms with Crippen molar-refractivity contribution in [3.05, 3.63) is 53.6 Å². The molecule has 2 aromatic rings. The predicted octanol–water partition coefficient (Wildman–Crippen LogP) is 2.99. The van der Waals surface area contributed by atoms with Crippen LogP contribution in [0.15, 0.2) is 36.7 Å². The van der Waals surface area contributed by atoms with Crippen LogP contribution in [-0.2, 0) is 4.74 Å². The number of ether oxygens (including phenoxy) is 1. The maximum atomic E-state index is 12.2. The zero-order valence-corrected chi connectivity index (χ0v) is 13.2. The number of aromatic nitrogens is 2. The number of esters is 1. The number of hydrogen-bond acceptors (Lipinski definition) is 5. The van der Waals surface area contributed by atoms with E-state index in [1.807, 2.05) is 6.92 Å². The van der Waals surface area contributed by atoms with Crippen molar-refractivity contribution in [3.63, 3.8) is 0 Å². The third-order valence-electron chi connectivity index (χ3n) is 3.14. The number of aryl methyl sites for hydroxylation is 1. The molecule has 6 nitrogen and oxygen atoms in total. The van der Waals surface area contributed by atoms with Crippen molar-refractivity contribution in [2.24, 2.45) is 0 Å². The molecule has 0 aliphatic heterocycles. The van der Waals surface area contributed by atoms with Crippen LogP contribution in [0.3, 0.4) is 0 Å². The average Bonchev–Trinajstić information content (AvgIpc) is 2.56. The standard InChI is InChI=1S/C17H19N3O3/c1-3-4-9-23-17(22)13-7-5-6-8-14(13)20-16(21)15-11-18-12(2)10-19-15/h5-8,10-11H,3-4,9H2,1-2H3,(H,20,21). The molecule has 23 heavy (non-hydrogen) atoms. The van der Waals surface area contributed by atoms with Crippen LogP contribution < -0.4 is 5.32 Å². The first-order valence-corrected chi connectivity index (χ1v) is 7.48. The smallest absolute Gasteiger partial charge is 0.340 e. The van der Waals surface area contributed by atoms with Gasteiger partial charge < -0.3 is 10.1 Å². The number of benzene rings is 1. The molecule has 0 aliphatic carbocycles. The summed E-state index contributed by atoms with van der Waals surface area (Å²) < 4.78 is 5.19. The lowest BCUT2D eigenvalue weighted by atomic mass is 10.1. The van der Waals surface area contributed by atoms with E-state index in [1.165, 1.54) is 12.4 Å². The van der Waals surface area contributed by atoms with Crippen LogP contribution >= 0.6 is 0 Å². The van der Waals surface area contributed by atoms with Crippen LogP contribution in [0.4, 0.5) is 5.69 Å². The van der Waals surface area contributed by atoms with Gasteiger partial charge in [0.05, 0.1) is 29.7 Å². The van der Waals surface area contributed by atoms with E-state index < -0.39 is 11.9 Å². The van der Waals surface area contributed by atoms with Gasteiger partial charge in [0.15, 0.2) is 0 Å². The quantitative estimate of drug-likeness (QED) is 0.655. The lowest BCUT2D eigenvalue weighted by molar-refractivity contribution is 0.0501. The maximum absolute atomic E-state index is 12.2. The average molecular weight is 313 g/mol. The molecule has 0 radical (unpaired) electrons. The Balaban J connectivity index is 2.12. The first kappa shape index (κ1) is 16.6. The lowest BCUT2D eigenvalue weighted by Gasteiger charge is -2.10. The minimum absolute atomic E-state index is 0.185. The minimum atomic E-state index is -0.454. The summed E-state index contributed by atoms with van der Waals surface area (Å²) in [7, 11) is 0. The Bertz CT molecular complexity index is 684. The molecule has 1 heterocycles. The third kappa shape index (κ3) is 4.60. The molecule has 0 spiro atoms. The van der Waals surface area contributed by atoms with Gasteiger partial charge in [-0.3, -0.25) is 9.78 Å². The molecule has 1 aromatic heterocycles. The molecule has 0 atom stereocenters. The fraction of sp³-hybridized carbons (Fsp3) is 0.294. The topological polar surface area (TPSA) is 81.2 Å². The van der Waals surface area contributed by atoms with Gasteiger partial charge >= 0.3 is 5.97 Å². The molecule has 120 valence electrons. The number of anilines is 1. The van der Waals surface area contributed by atoms with E-state index in [9.17, 15) is 9.59 Å². The number of nitrogens with zero attached hydrogens (tertiary/aromatic N) is 2. The molecule has 0 bridgehead atoms. The second-order valence-electron chi connectivity index (χ2n) is 5.03. The monoisotopic (exact) mass is 313 g/mol. The highest BCUT2D eigenvalue weighted by atomic mass is 16.5. The van der Waals surface area contributed by atoms with Crippen molar-refractivity contribution < 1.29 is 14.3 Å². The van der Waals surface area contributed by atoms with Crippen molar-refractivity contribution in [1.29, 1.82) is 0 Å². The Labute approximate surface area is 134 Å². The zero-order chi connectivity index (χ0) is 16.7. The minimum Gasteiger partial charge on any atom is -0.462 e. The summed E-state index contributed by atoms with van der Waals surface area (Å²) in [6, 6.07) is 6.72. The van der Waals surface area contributed by atoms with Gasteiger partial charge in [-0.25, -0.2) is 9.78 Å². The first-order valence-electron chi connectivity index (χ1n) is 7.48. The molecule has 2 rings (SSSR count). The van der Waals surface area contributed by atoms with Crippen LogP contribution in [0, 0.1) is 6.92 Å². The van der Waals surface area contributed by atoms with Gasteiger partial charge in [0.25, 0.3) is 5.91 Å². The molecule has 0 fully saturated rings. The molecule has 0 saturated carbocycles. The highest BCUT2D eigenvalue weighted by Gasteiger charge is 2.15. The van der Waals surface area contributed by atoms with Crippen LogP contribution in [0.2, 0.25) is 0 Å². The van der Waals surface area contributed by atoms with Gasteiger partial charge in [-0.05, 0) is 25.5 Å². The fourth-order valence-corrected chi connectivity index (χ4v) is 1.85. The second-order valence-corrected chi connectivity index (χ2v) is 5.03. The fourth-order valence-electron chi connectivity index (χ4n) is 1.85. The van der Waals surface area contributed by atoms with E-state index in [4.69, 9.17) is 4.74 Å². The molecular formula is C17H19N3O3. The first-order chi connectivity index (χ1) is 11.1. The van der Waals surface area contributed by atoms with Crippen molar-refractivity contribution in [1.82, 2.24) is 9.97 Å². The zero-order valence-electron chi connectivity index (χ0n) is 13.2. The van der Waals surface area contributed by atoms with Gasteiger partial charge in [0, 0.05) is 6.20 Å². The van der Waals surface area contributed by atoms with Gasteiger partial charge in [-0.2, -0.15) is 0 Å². The number of amides is 1. The van der Waals surface area contributed by atoms with Crippen LogP contribution in [0.5, 0.6) is 0 Å². The summed E-state index contributed by atoms with van der Waals surface area (Å²) in [5, 5.41) is 2.68. The Morgan fingerprint density at radius 2 is 1.96 bits per heavy atom. The Hall–Kier alpha value is -2.76. The number of hydrogen-bond donors (Lipinski definition) is 1. The number of para-hydroxylation sites is 1. The van der Waals surface area contributed by atoms with Crippen LogP contribution in [0.1, 0.15) is 46.3 Å². The normalized spacial score (nSPS) is 10.2. The number of rotatable bonds is 6. The lowest BCUT2D eigenvalue weighted by Crippen LogP contribution is -2.17. The van der Waals surface area contributed by atoms with E-state index in [0.717, 1.165) is 18.5 Å². The SMILES string of the molecule is CCCCOC(=O)c1ccccc1NC(=O)c1cnc(C)cn1. The van der Waals surface area contributed by atoms with Gasteiger partial charge in [-0.1, -0.05) is 25.5 Å². The maximum Gasteiger partial charge on any atom is 0.340 e. The summed E-state index contributed by atoms with van der Waals surface area (Å²) in [6.45, 7) is 4.17. The Morgan fingerprint density at radius 3 is 2.65 bits per heavy atom. The number of nitrogens with one attached hydrogen (secondary N) is 1. The van der Waals surface area contributed by atoms with Crippen LogP contribution in [0.25, 0.3) is 0 Å². The van der Waals surface area contributed by atoms with Gasteiger partial charge in [0.2, 0.25) is 0 Å². The second kappa shape index (κ2) is 8.03. The van der Waals surface area contributed by atoms with Crippen LogP contribution in [-0.4, -0.2) is 28.5 Å². The molecule has 0 saturated heterocycles. The summed E-state index contributed by atoms with van der Waals surface area (Å²) in [5.41, 5.74) is 1.62. The molecule has 1 N–H and O–H groups in total. The number of unbranched alkanes of at least 4 members (excludes halogenated alkanes) is 1. The molecular weight excluding hydrogens is 294 g/mol. The predicted molar refractivity (Wildman–Crippen MR) is 86.4 cm³/mol. The Morgan fingerprint density at radius 1 is 1.17 bits per heavy atom. The van der Waals surface area contributed by atoms with Crippen molar-refractivity contribution >= 4 is 17.6 Å². The third-order valence-corrected chi connectivity index (χ3v) is 3.14. The van der Waals surface area contributed by atoms with E-state index in [0.29, 0.717) is 17.9 Å². The molecule has 6 heteroatoms. The summed E-state index contributed by atoms with van der Waals surface area (Å²) in [4.78, 5) is 32.3. The van der Waals surface area contributed by atoms with Crippen molar-refractivity contribution in [3.8, 4) is 0 Å². The molecule has 1 aromatic carbocycles. The summed E-state index contributed by atoms with van der Waals surface area (Å²) >= 11 is 0. The van der Waals surface area contributed by atoms with E-state index >= 15 is 0 Å². The molecule has 0 aliphatic rings. The van der Waals surface area contributed by atoms with Gasteiger partial charge in [0.1, 0.15) is 5.69 Å². The van der Waals surface area contributed by atoms with Crippen molar-refractivity contribution in [2.75, 3.05) is 11.9 Å². The van der Waals surface area contributed by atoms with Gasteiger partial charge in [-0.15, -0.1) is 0 Å². The van der Waals surface area contributed by atoms with Crippen molar-refractivity contribution in [2.45, 2.75) is 26.7 Å². The molecule has 0 unspecified atom stereocenters. The summed E-state index contributed by atoms with van der Waals surface area (Å²) in [6.07, 6.45) is 4.66. The highest BCUT2D eigenvalue weighted by molar-refractivity contribution is 6.06. The van der Waals surface area contributed by atoms with E-state index in [1.54, 1.807) is 31.2 Å². The highest BCUT2D eigenvalue weighted by Crippen LogP contribution is 2.17. The molecule has 1 amide bonds. The van der Waals surface area contributed by atoms with E-state index in [2.05, 4.69) is 15.3 Å². The Kier molecular flexibility index (Phi) is 5.80. The number of carbonyl (C=O) groups excluding carboxylic acids is 2. The summed E-state index contributed by atoms with van der Waals surface area (Å²) in [5.74, 6) is -0.879.